The van der Waals surface area contributed by atoms with Crippen molar-refractivity contribution in [2.45, 2.75) is 44.4 Å². The summed E-state index contributed by atoms with van der Waals surface area (Å²) in [5.41, 5.74) is 1.81. The normalized spacial score (nSPS) is 24.9. The van der Waals surface area contributed by atoms with Gasteiger partial charge >= 0.3 is 5.97 Å². The molecule has 3 aliphatic rings. The highest BCUT2D eigenvalue weighted by molar-refractivity contribution is 9.11. The summed E-state index contributed by atoms with van der Waals surface area (Å²) in [6.45, 7) is 6.63. The van der Waals surface area contributed by atoms with Gasteiger partial charge in [-0.15, -0.1) is 0 Å². The fourth-order valence-corrected chi connectivity index (χ4v) is 7.72. The molecule has 2 atom stereocenters. The van der Waals surface area contributed by atoms with Gasteiger partial charge in [-0.05, 0) is 46.3 Å². The number of nitrogens with zero attached hydrogens (tertiary/aromatic N) is 3. The molecule has 36 heavy (non-hydrogen) atoms. The second kappa shape index (κ2) is 7.16. The first-order valence-electron chi connectivity index (χ1n) is 11.7. The molecule has 1 aliphatic heterocycles. The maximum atomic E-state index is 14.3. The first-order valence-corrected chi connectivity index (χ1v) is 13.3. The van der Waals surface area contributed by atoms with Crippen LogP contribution in [0.2, 0.25) is 0 Å². The van der Waals surface area contributed by atoms with Gasteiger partial charge in [0.25, 0.3) is 0 Å². The largest absolute Gasteiger partial charge is 0.454 e. The van der Waals surface area contributed by atoms with Gasteiger partial charge in [-0.1, -0.05) is 42.8 Å². The average molecular weight is 611 g/mol. The van der Waals surface area contributed by atoms with Crippen molar-refractivity contribution >= 4 is 59.8 Å². The Morgan fingerprint density at radius 1 is 0.972 bits per heavy atom. The van der Waals surface area contributed by atoms with E-state index in [1.165, 1.54) is 0 Å². The van der Waals surface area contributed by atoms with E-state index >= 15 is 0 Å². The number of benzene rings is 2. The van der Waals surface area contributed by atoms with Crippen LogP contribution in [0.5, 0.6) is 17.2 Å². The molecule has 1 fully saturated rings. The number of esters is 1. The van der Waals surface area contributed by atoms with Crippen LogP contribution in [-0.4, -0.2) is 27.7 Å². The van der Waals surface area contributed by atoms with Gasteiger partial charge in [0.1, 0.15) is 10.9 Å². The molecule has 1 saturated carbocycles. The Hall–Kier alpha value is -2.78. The molecule has 0 radical (unpaired) electrons. The zero-order valence-electron chi connectivity index (χ0n) is 19.8. The standard InChI is InChI=1S/C27H21Br2N3O4/c1-25(2)26(3)6-7-27(25,23-22(26)31-16-10-18-19(35-12-34-18)11-17(16)32-23)24(33)36-21-15(29)9-14(28)13-5-4-8-30-20(13)21/h4-5,8-11H,6-7,12H2,1-3H3. The number of pyridine rings is 1. The highest BCUT2D eigenvalue weighted by atomic mass is 79.9. The number of aromatic nitrogens is 3. The molecule has 0 spiro atoms. The van der Waals surface area contributed by atoms with Gasteiger partial charge in [0.2, 0.25) is 6.79 Å². The van der Waals surface area contributed by atoms with Crippen LogP contribution in [0.1, 0.15) is 45.0 Å². The van der Waals surface area contributed by atoms with E-state index < -0.39 is 10.8 Å². The summed E-state index contributed by atoms with van der Waals surface area (Å²) < 4.78 is 18.9. The minimum absolute atomic E-state index is 0.177. The Morgan fingerprint density at radius 2 is 1.67 bits per heavy atom. The van der Waals surface area contributed by atoms with Crippen molar-refractivity contribution in [3.05, 3.63) is 56.9 Å². The Balaban J connectivity index is 1.42. The van der Waals surface area contributed by atoms with Crippen LogP contribution in [0.4, 0.5) is 0 Å². The maximum Gasteiger partial charge on any atom is 0.324 e. The number of ether oxygens (including phenoxy) is 3. The molecule has 9 heteroatoms. The fourth-order valence-electron chi connectivity index (χ4n) is 6.37. The topological polar surface area (TPSA) is 83.4 Å². The van der Waals surface area contributed by atoms with Crippen LogP contribution >= 0.6 is 31.9 Å². The van der Waals surface area contributed by atoms with Crippen molar-refractivity contribution in [3.8, 4) is 17.2 Å². The molecule has 3 heterocycles. The van der Waals surface area contributed by atoms with Crippen LogP contribution < -0.4 is 14.2 Å². The third kappa shape index (κ3) is 2.58. The lowest BCUT2D eigenvalue weighted by atomic mass is 9.64. The molecule has 7 nitrogen and oxygen atoms in total. The molecule has 7 rings (SSSR count). The van der Waals surface area contributed by atoms with E-state index in [1.807, 2.05) is 30.3 Å². The summed E-state index contributed by atoms with van der Waals surface area (Å²) in [7, 11) is 0. The van der Waals surface area contributed by atoms with Crippen LogP contribution in [-0.2, 0) is 15.6 Å². The minimum Gasteiger partial charge on any atom is -0.454 e. The number of carbonyl (C=O) groups excluding carboxylic acids is 1. The van der Waals surface area contributed by atoms with E-state index in [9.17, 15) is 4.79 Å². The van der Waals surface area contributed by atoms with Crippen molar-refractivity contribution in [1.82, 2.24) is 15.0 Å². The second-order valence-corrected chi connectivity index (χ2v) is 12.1. The van der Waals surface area contributed by atoms with Crippen molar-refractivity contribution in [3.63, 3.8) is 0 Å². The number of hydrogen-bond donors (Lipinski definition) is 0. The van der Waals surface area contributed by atoms with E-state index in [0.717, 1.165) is 27.5 Å². The van der Waals surface area contributed by atoms with E-state index in [0.29, 0.717) is 44.9 Å². The van der Waals surface area contributed by atoms with Gasteiger partial charge < -0.3 is 14.2 Å². The average Bonchev–Trinajstić information content (AvgIpc) is 3.43. The highest BCUT2D eigenvalue weighted by Crippen LogP contribution is 2.70. The minimum atomic E-state index is -0.956. The third-order valence-electron chi connectivity index (χ3n) is 8.83. The molecular weight excluding hydrogens is 590 g/mol. The molecule has 2 bridgehead atoms. The summed E-state index contributed by atoms with van der Waals surface area (Å²) in [4.78, 5) is 29.0. The molecule has 0 saturated heterocycles. The van der Waals surface area contributed by atoms with E-state index in [2.05, 4.69) is 57.6 Å². The van der Waals surface area contributed by atoms with Crippen molar-refractivity contribution in [2.75, 3.05) is 6.79 Å². The zero-order chi connectivity index (χ0) is 25.0. The number of rotatable bonds is 2. The number of fused-ring (bicyclic) bond motifs is 8. The lowest BCUT2D eigenvalue weighted by Gasteiger charge is -2.38. The van der Waals surface area contributed by atoms with Crippen LogP contribution in [0.15, 0.2) is 45.5 Å². The van der Waals surface area contributed by atoms with Gasteiger partial charge in [0, 0.05) is 33.6 Å². The molecule has 2 aliphatic carbocycles. The molecule has 0 N–H and O–H groups in total. The summed E-state index contributed by atoms with van der Waals surface area (Å²) in [6, 6.07) is 9.39. The predicted octanol–water partition coefficient (Wildman–Crippen LogP) is 6.37. The van der Waals surface area contributed by atoms with Crippen LogP contribution in [0, 0.1) is 5.41 Å². The third-order valence-corrected chi connectivity index (χ3v) is 10.1. The Morgan fingerprint density at radius 3 is 2.39 bits per heavy atom. The molecule has 2 aromatic carbocycles. The van der Waals surface area contributed by atoms with E-state index in [1.54, 1.807) is 6.20 Å². The van der Waals surface area contributed by atoms with Gasteiger partial charge in [0.15, 0.2) is 17.2 Å². The summed E-state index contributed by atoms with van der Waals surface area (Å²) >= 11 is 7.17. The Kier molecular flexibility index (Phi) is 4.46. The van der Waals surface area contributed by atoms with Gasteiger partial charge in [-0.2, -0.15) is 0 Å². The lowest BCUT2D eigenvalue weighted by molar-refractivity contribution is -0.145. The van der Waals surface area contributed by atoms with Crippen LogP contribution in [0.25, 0.3) is 21.9 Å². The van der Waals surface area contributed by atoms with Gasteiger partial charge in [0.05, 0.1) is 26.9 Å². The molecule has 4 aromatic rings. The summed E-state index contributed by atoms with van der Waals surface area (Å²) in [5.74, 6) is 1.37. The van der Waals surface area contributed by atoms with Crippen LogP contribution in [0.3, 0.4) is 0 Å². The quantitative estimate of drug-likeness (QED) is 0.193. The Labute approximate surface area is 223 Å². The SMILES string of the molecule is CC12CCC(C(=O)Oc3c(Br)cc(Br)c4cccnc34)(c3nc4cc5c(cc4nc31)OCO5)C2(C)C. The molecule has 0 amide bonds. The fraction of sp³-hybridized carbons (Fsp3) is 0.333. The van der Waals surface area contributed by atoms with E-state index in [-0.39, 0.29) is 18.2 Å². The summed E-state index contributed by atoms with van der Waals surface area (Å²) in [6.07, 6.45) is 3.14. The number of halogens is 2. The molecule has 2 unspecified atom stereocenters. The first kappa shape index (κ1) is 22.4. The smallest absolute Gasteiger partial charge is 0.324 e. The maximum absolute atomic E-state index is 14.3. The molecular formula is C27H21Br2N3O4. The van der Waals surface area contributed by atoms with Gasteiger partial charge in [-0.25, -0.2) is 9.97 Å². The number of carbonyl (C=O) groups is 1. The monoisotopic (exact) mass is 609 g/mol. The molecule has 182 valence electrons. The van der Waals surface area contributed by atoms with Crippen molar-refractivity contribution in [2.24, 2.45) is 5.41 Å². The predicted molar refractivity (Wildman–Crippen MR) is 140 cm³/mol. The second-order valence-electron chi connectivity index (χ2n) is 10.4. The number of hydrogen-bond acceptors (Lipinski definition) is 7. The zero-order valence-corrected chi connectivity index (χ0v) is 23.0. The van der Waals surface area contributed by atoms with Crippen molar-refractivity contribution < 1.29 is 19.0 Å². The lowest BCUT2D eigenvalue weighted by Crippen LogP contribution is -2.48. The summed E-state index contributed by atoms with van der Waals surface area (Å²) in [5, 5.41) is 0.866. The highest BCUT2D eigenvalue weighted by Gasteiger charge is 2.74. The van der Waals surface area contributed by atoms with Gasteiger partial charge in [-0.3, -0.25) is 9.78 Å². The first-order chi connectivity index (χ1) is 17.2. The van der Waals surface area contributed by atoms with Crippen molar-refractivity contribution in [1.29, 1.82) is 0 Å². The molecule has 2 aromatic heterocycles. The Bertz CT molecular complexity index is 1660. The van der Waals surface area contributed by atoms with E-state index in [4.69, 9.17) is 24.2 Å².